The number of benzene rings is 1. The van der Waals surface area contributed by atoms with Crippen molar-refractivity contribution in [2.75, 3.05) is 11.1 Å². The number of carbonyl (C=O) groups is 1. The smallest absolute Gasteiger partial charge is 0.253 e. The average molecular weight is 489 g/mol. The summed E-state index contributed by atoms with van der Waals surface area (Å²) in [5.74, 6) is -1.43. The van der Waals surface area contributed by atoms with Gasteiger partial charge in [-0.05, 0) is 74.5 Å². The standard InChI is InChI=1S/C25H33FN4O3S/c1-25(2)12-21-23(34(32,33)13-25)17-4-3-5-20(17)30(21)16-10-18(26)22(24(28)31)19(11-16)29-15-8-6-14(27)7-9-15/h10-11,14-15,29H,3-9,12-13,27H2,1-2H3,(H2,28,31)/t14-,15-. The van der Waals surface area contributed by atoms with E-state index in [1.54, 1.807) is 6.07 Å². The molecule has 1 aromatic carbocycles. The zero-order valence-corrected chi connectivity index (χ0v) is 20.6. The van der Waals surface area contributed by atoms with Crippen molar-refractivity contribution in [2.45, 2.75) is 82.2 Å². The van der Waals surface area contributed by atoms with Crippen LogP contribution in [0, 0.1) is 11.2 Å². The van der Waals surface area contributed by atoms with Crippen molar-refractivity contribution in [1.29, 1.82) is 0 Å². The Morgan fingerprint density at radius 1 is 1.15 bits per heavy atom. The molecule has 3 aliphatic rings. The van der Waals surface area contributed by atoms with Crippen LogP contribution in [0.1, 0.15) is 73.3 Å². The van der Waals surface area contributed by atoms with Crippen molar-refractivity contribution in [3.8, 4) is 5.69 Å². The Morgan fingerprint density at radius 3 is 2.53 bits per heavy atom. The van der Waals surface area contributed by atoms with Crippen LogP contribution in [0.25, 0.3) is 5.69 Å². The maximum Gasteiger partial charge on any atom is 0.253 e. The quantitative estimate of drug-likeness (QED) is 0.610. The largest absolute Gasteiger partial charge is 0.382 e. The second kappa shape index (κ2) is 8.09. The summed E-state index contributed by atoms with van der Waals surface area (Å²) < 4.78 is 43.9. The Morgan fingerprint density at radius 2 is 1.85 bits per heavy atom. The third-order valence-electron chi connectivity index (χ3n) is 7.51. The van der Waals surface area contributed by atoms with Crippen LogP contribution in [-0.2, 0) is 29.1 Å². The van der Waals surface area contributed by atoms with Crippen LogP contribution in [0.3, 0.4) is 0 Å². The maximum absolute atomic E-state index is 15.4. The highest BCUT2D eigenvalue weighted by Gasteiger charge is 2.42. The summed E-state index contributed by atoms with van der Waals surface area (Å²) in [7, 11) is -3.45. The highest BCUT2D eigenvalue weighted by molar-refractivity contribution is 7.91. The molecule has 0 bridgehead atoms. The van der Waals surface area contributed by atoms with Gasteiger partial charge in [-0.3, -0.25) is 4.79 Å². The number of carbonyl (C=O) groups excluding carboxylic acids is 1. The first-order chi connectivity index (χ1) is 16.0. The molecule has 2 heterocycles. The minimum absolute atomic E-state index is 0.0659. The molecule has 1 saturated carbocycles. The summed E-state index contributed by atoms with van der Waals surface area (Å²) in [6.45, 7) is 3.90. The predicted molar refractivity (Wildman–Crippen MR) is 130 cm³/mol. The molecular weight excluding hydrogens is 455 g/mol. The molecule has 9 heteroatoms. The summed E-state index contributed by atoms with van der Waals surface area (Å²) in [5.41, 5.74) is 14.4. The topological polar surface area (TPSA) is 120 Å². The minimum atomic E-state index is -3.45. The van der Waals surface area contributed by atoms with Gasteiger partial charge in [0.05, 0.1) is 27.6 Å². The fourth-order valence-corrected chi connectivity index (χ4v) is 8.55. The van der Waals surface area contributed by atoms with E-state index in [9.17, 15) is 13.2 Å². The molecule has 2 aromatic rings. The number of sulfone groups is 1. The highest BCUT2D eigenvalue weighted by atomic mass is 32.2. The monoisotopic (exact) mass is 488 g/mol. The summed E-state index contributed by atoms with van der Waals surface area (Å²) in [6.07, 6.45) is 6.26. The van der Waals surface area contributed by atoms with Gasteiger partial charge in [-0.15, -0.1) is 0 Å². The molecule has 2 aliphatic carbocycles. The summed E-state index contributed by atoms with van der Waals surface area (Å²) in [6, 6.07) is 3.30. The lowest BCUT2D eigenvalue weighted by Crippen LogP contribution is -2.34. The molecule has 0 unspecified atom stereocenters. The summed E-state index contributed by atoms with van der Waals surface area (Å²) in [4.78, 5) is 12.6. The molecule has 0 saturated heterocycles. The zero-order valence-electron chi connectivity index (χ0n) is 19.8. The lowest BCUT2D eigenvalue weighted by Gasteiger charge is -2.31. The van der Waals surface area contributed by atoms with Gasteiger partial charge in [0.1, 0.15) is 5.82 Å². The fourth-order valence-electron chi connectivity index (χ4n) is 6.16. The number of rotatable bonds is 4. The van der Waals surface area contributed by atoms with Crippen LogP contribution in [0.2, 0.25) is 0 Å². The number of hydrogen-bond donors (Lipinski definition) is 3. The number of nitrogens with one attached hydrogen (secondary N) is 1. The third kappa shape index (κ3) is 3.92. The van der Waals surface area contributed by atoms with Gasteiger partial charge in [0.2, 0.25) is 0 Å². The van der Waals surface area contributed by atoms with E-state index in [2.05, 4.69) is 5.32 Å². The van der Waals surface area contributed by atoms with E-state index >= 15 is 4.39 Å². The molecule has 1 aromatic heterocycles. The van der Waals surface area contributed by atoms with Crippen molar-refractivity contribution in [2.24, 2.45) is 16.9 Å². The van der Waals surface area contributed by atoms with Crippen molar-refractivity contribution < 1.29 is 17.6 Å². The third-order valence-corrected chi connectivity index (χ3v) is 9.78. The lowest BCUT2D eigenvalue weighted by molar-refractivity contribution is 0.0997. The number of anilines is 1. The predicted octanol–water partition coefficient (Wildman–Crippen LogP) is 3.24. The van der Waals surface area contributed by atoms with Gasteiger partial charge in [0, 0.05) is 23.5 Å². The van der Waals surface area contributed by atoms with Crippen molar-refractivity contribution in [3.63, 3.8) is 0 Å². The highest BCUT2D eigenvalue weighted by Crippen LogP contribution is 2.44. The lowest BCUT2D eigenvalue weighted by atomic mass is 9.89. The molecule has 0 radical (unpaired) electrons. The number of nitrogens with two attached hydrogens (primary N) is 2. The van der Waals surface area contributed by atoms with Crippen molar-refractivity contribution in [3.05, 3.63) is 40.5 Å². The molecule has 184 valence electrons. The minimum Gasteiger partial charge on any atom is -0.382 e. The number of aromatic nitrogens is 1. The molecule has 0 atom stereocenters. The number of amides is 1. The van der Waals surface area contributed by atoms with E-state index in [1.165, 1.54) is 6.07 Å². The fraction of sp³-hybridized carbons (Fsp3) is 0.560. The van der Waals surface area contributed by atoms with E-state index < -0.39 is 27.0 Å². The van der Waals surface area contributed by atoms with Crippen molar-refractivity contribution in [1.82, 2.24) is 4.57 Å². The normalized spacial score (nSPS) is 24.9. The Balaban J connectivity index is 1.67. The second-order valence-corrected chi connectivity index (χ2v) is 12.9. The first-order valence-corrected chi connectivity index (χ1v) is 13.8. The van der Waals surface area contributed by atoms with Gasteiger partial charge in [-0.2, -0.15) is 0 Å². The Bertz CT molecular complexity index is 1270. The van der Waals surface area contributed by atoms with Crippen LogP contribution in [0.4, 0.5) is 10.1 Å². The molecule has 5 N–H and O–H groups in total. The Labute approximate surface area is 200 Å². The first kappa shape index (κ1) is 23.4. The van der Waals surface area contributed by atoms with Crippen LogP contribution in [-0.4, -0.2) is 36.7 Å². The van der Waals surface area contributed by atoms with E-state index in [-0.39, 0.29) is 23.4 Å². The van der Waals surface area contributed by atoms with Gasteiger partial charge in [0.25, 0.3) is 5.91 Å². The maximum atomic E-state index is 15.4. The SMILES string of the molecule is CC1(C)Cc2c(c3c(n2-c2cc(F)c(C(N)=O)c(N[C@H]4CC[C@H](N)CC4)c2)CCC3)S(=O)(=O)C1. The van der Waals surface area contributed by atoms with E-state index in [0.29, 0.717) is 29.1 Å². The van der Waals surface area contributed by atoms with Gasteiger partial charge in [-0.1, -0.05) is 13.8 Å². The number of fused-ring (bicyclic) bond motifs is 3. The van der Waals surface area contributed by atoms with Crippen LogP contribution < -0.4 is 16.8 Å². The van der Waals surface area contributed by atoms with Crippen molar-refractivity contribution >= 4 is 21.4 Å². The van der Waals surface area contributed by atoms with Gasteiger partial charge < -0.3 is 21.4 Å². The van der Waals surface area contributed by atoms with Gasteiger partial charge in [-0.25, -0.2) is 12.8 Å². The zero-order chi connectivity index (χ0) is 24.4. The summed E-state index contributed by atoms with van der Waals surface area (Å²) >= 11 is 0. The van der Waals surface area contributed by atoms with Gasteiger partial charge in [0.15, 0.2) is 9.84 Å². The van der Waals surface area contributed by atoms with E-state index in [1.807, 2.05) is 18.4 Å². The first-order valence-electron chi connectivity index (χ1n) is 12.1. The number of primary amides is 1. The number of nitrogens with zero attached hydrogens (tertiary/aromatic N) is 1. The molecule has 0 spiro atoms. The van der Waals surface area contributed by atoms with Crippen LogP contribution >= 0.6 is 0 Å². The van der Waals surface area contributed by atoms with Crippen LogP contribution in [0.15, 0.2) is 17.0 Å². The molecule has 1 amide bonds. The second-order valence-electron chi connectivity index (χ2n) is 11.0. The Hall–Kier alpha value is -2.39. The Kier molecular flexibility index (Phi) is 5.55. The van der Waals surface area contributed by atoms with E-state index in [0.717, 1.165) is 55.5 Å². The molecule has 1 aliphatic heterocycles. The van der Waals surface area contributed by atoms with Gasteiger partial charge >= 0.3 is 0 Å². The molecule has 1 fully saturated rings. The molecular formula is C25H33FN4O3S. The molecule has 5 rings (SSSR count). The number of hydrogen-bond acceptors (Lipinski definition) is 5. The number of halogens is 1. The average Bonchev–Trinajstić information content (AvgIpc) is 3.27. The summed E-state index contributed by atoms with van der Waals surface area (Å²) in [5, 5.41) is 3.35. The molecule has 34 heavy (non-hydrogen) atoms. The molecule has 7 nitrogen and oxygen atoms in total. The van der Waals surface area contributed by atoms with E-state index in [4.69, 9.17) is 11.5 Å². The van der Waals surface area contributed by atoms with Crippen LogP contribution in [0.5, 0.6) is 0 Å².